The highest BCUT2D eigenvalue weighted by Gasteiger charge is 2.34. The summed E-state index contributed by atoms with van der Waals surface area (Å²) in [5.74, 6) is 1.79. The minimum absolute atomic E-state index is 0.260. The highest BCUT2D eigenvalue weighted by molar-refractivity contribution is 5.75. The van der Waals surface area contributed by atoms with Crippen LogP contribution in [0.2, 0.25) is 0 Å². The second-order valence-electron chi connectivity index (χ2n) is 7.19. The van der Waals surface area contributed by atoms with Crippen molar-refractivity contribution >= 4 is 16.9 Å². The van der Waals surface area contributed by atoms with E-state index in [1.165, 1.54) is 32.4 Å². The highest BCUT2D eigenvalue weighted by atomic mass is 16.3. The average molecular weight is 326 g/mol. The molecule has 0 unspecified atom stereocenters. The number of rotatable bonds is 4. The normalized spacial score (nSPS) is 25.5. The molecule has 0 bridgehead atoms. The zero-order valence-corrected chi connectivity index (χ0v) is 14.1. The van der Waals surface area contributed by atoms with Crippen molar-refractivity contribution in [1.29, 1.82) is 0 Å². The van der Waals surface area contributed by atoms with E-state index in [4.69, 9.17) is 4.98 Å². The van der Waals surface area contributed by atoms with E-state index in [2.05, 4.69) is 14.8 Å². The molecule has 2 saturated heterocycles. The standard InChI is InChI=1S/C19H26N4O/c24-14-16-13-23(12-15(16)11-22-8-4-1-5-9-22)19-10-20-17-6-2-3-7-18(17)21-19/h2-3,6-7,10,15-16,24H,1,4-5,8-9,11-14H2/t15-,16-/m1/s1. The van der Waals surface area contributed by atoms with Gasteiger partial charge in [-0.15, -0.1) is 0 Å². The van der Waals surface area contributed by atoms with Crippen LogP contribution in [0.1, 0.15) is 19.3 Å². The lowest BCUT2D eigenvalue weighted by molar-refractivity contribution is 0.149. The molecule has 24 heavy (non-hydrogen) atoms. The Morgan fingerprint density at radius 2 is 1.75 bits per heavy atom. The van der Waals surface area contributed by atoms with Crippen LogP contribution in [-0.4, -0.2) is 59.3 Å². The van der Waals surface area contributed by atoms with Crippen molar-refractivity contribution in [3.63, 3.8) is 0 Å². The Morgan fingerprint density at radius 3 is 2.54 bits per heavy atom. The number of hydrogen-bond donors (Lipinski definition) is 1. The second-order valence-corrected chi connectivity index (χ2v) is 7.19. The number of aliphatic hydroxyl groups is 1. The molecular weight excluding hydrogens is 300 g/mol. The van der Waals surface area contributed by atoms with E-state index in [1.54, 1.807) is 0 Å². The first kappa shape index (κ1) is 15.8. The van der Waals surface area contributed by atoms with Gasteiger partial charge in [-0.3, -0.25) is 4.98 Å². The maximum atomic E-state index is 9.82. The molecule has 3 heterocycles. The lowest BCUT2D eigenvalue weighted by Crippen LogP contribution is -2.37. The van der Waals surface area contributed by atoms with Gasteiger partial charge in [0, 0.05) is 32.2 Å². The Hall–Kier alpha value is -1.72. The molecule has 0 radical (unpaired) electrons. The summed E-state index contributed by atoms with van der Waals surface area (Å²) in [5.41, 5.74) is 1.87. The molecule has 2 aliphatic heterocycles. The van der Waals surface area contributed by atoms with Crippen molar-refractivity contribution in [2.24, 2.45) is 11.8 Å². The number of fused-ring (bicyclic) bond motifs is 1. The third kappa shape index (κ3) is 3.23. The molecule has 2 atom stereocenters. The molecule has 0 spiro atoms. The van der Waals surface area contributed by atoms with Crippen molar-refractivity contribution in [2.45, 2.75) is 19.3 Å². The van der Waals surface area contributed by atoms with Gasteiger partial charge in [0.25, 0.3) is 0 Å². The summed E-state index contributed by atoms with van der Waals surface area (Å²) in [6.07, 6.45) is 5.87. The predicted molar refractivity (Wildman–Crippen MR) is 96.1 cm³/mol. The summed E-state index contributed by atoms with van der Waals surface area (Å²) < 4.78 is 0. The number of likely N-dealkylation sites (tertiary alicyclic amines) is 1. The van der Waals surface area contributed by atoms with Crippen LogP contribution in [0.5, 0.6) is 0 Å². The Labute approximate surface area is 143 Å². The molecule has 2 aromatic rings. The van der Waals surface area contributed by atoms with Crippen LogP contribution in [0.3, 0.4) is 0 Å². The van der Waals surface area contributed by atoms with Crippen molar-refractivity contribution < 1.29 is 5.11 Å². The average Bonchev–Trinajstić information content (AvgIpc) is 3.05. The quantitative estimate of drug-likeness (QED) is 0.933. The number of nitrogens with zero attached hydrogens (tertiary/aromatic N) is 4. The lowest BCUT2D eigenvalue weighted by Gasteiger charge is -2.30. The van der Waals surface area contributed by atoms with Crippen LogP contribution >= 0.6 is 0 Å². The second kappa shape index (κ2) is 7.03. The summed E-state index contributed by atoms with van der Waals surface area (Å²) in [4.78, 5) is 14.2. The molecule has 0 aliphatic carbocycles. The van der Waals surface area contributed by atoms with Crippen LogP contribution in [0, 0.1) is 11.8 Å². The van der Waals surface area contributed by atoms with Gasteiger partial charge in [0.1, 0.15) is 5.82 Å². The molecule has 5 heteroatoms. The molecule has 1 aromatic heterocycles. The fraction of sp³-hybridized carbons (Fsp3) is 0.579. The van der Waals surface area contributed by atoms with Crippen molar-refractivity contribution in [3.8, 4) is 0 Å². The molecular formula is C19H26N4O. The molecule has 4 rings (SSSR count). The van der Waals surface area contributed by atoms with Gasteiger partial charge in [-0.2, -0.15) is 0 Å². The highest BCUT2D eigenvalue weighted by Crippen LogP contribution is 2.29. The van der Waals surface area contributed by atoms with E-state index < -0.39 is 0 Å². The van der Waals surface area contributed by atoms with Gasteiger partial charge in [-0.05, 0) is 44.0 Å². The third-order valence-corrected chi connectivity index (χ3v) is 5.51. The van der Waals surface area contributed by atoms with Crippen LogP contribution in [-0.2, 0) is 0 Å². The minimum Gasteiger partial charge on any atom is -0.396 e. The fourth-order valence-electron chi connectivity index (χ4n) is 4.11. The van der Waals surface area contributed by atoms with Gasteiger partial charge in [-0.1, -0.05) is 18.6 Å². The van der Waals surface area contributed by atoms with E-state index in [1.807, 2.05) is 30.5 Å². The Balaban J connectivity index is 1.49. The summed E-state index contributed by atoms with van der Waals surface area (Å²) in [5, 5.41) is 9.82. The Morgan fingerprint density at radius 1 is 1.00 bits per heavy atom. The van der Waals surface area contributed by atoms with E-state index in [0.29, 0.717) is 11.8 Å². The number of aliphatic hydroxyl groups excluding tert-OH is 1. The van der Waals surface area contributed by atoms with Crippen molar-refractivity contribution in [1.82, 2.24) is 14.9 Å². The minimum atomic E-state index is 0.260. The molecule has 0 saturated carbocycles. The van der Waals surface area contributed by atoms with E-state index >= 15 is 0 Å². The smallest absolute Gasteiger partial charge is 0.147 e. The Bertz CT molecular complexity index is 686. The number of para-hydroxylation sites is 2. The third-order valence-electron chi connectivity index (χ3n) is 5.51. The van der Waals surface area contributed by atoms with Crippen LogP contribution in [0.4, 0.5) is 5.82 Å². The summed E-state index contributed by atoms with van der Waals surface area (Å²) in [6.45, 7) is 5.63. The SMILES string of the molecule is OC[C@H]1CN(c2cnc3ccccc3n2)C[C@H]1CN1CCCCC1. The lowest BCUT2D eigenvalue weighted by atomic mass is 9.95. The number of piperidine rings is 1. The van der Waals surface area contributed by atoms with E-state index in [-0.39, 0.29) is 6.61 Å². The van der Waals surface area contributed by atoms with Crippen LogP contribution < -0.4 is 4.90 Å². The first-order valence-electron chi connectivity index (χ1n) is 9.13. The first-order chi connectivity index (χ1) is 11.8. The van der Waals surface area contributed by atoms with E-state index in [9.17, 15) is 5.11 Å². The Kier molecular flexibility index (Phi) is 4.63. The molecule has 0 amide bonds. The molecule has 1 aromatic carbocycles. The van der Waals surface area contributed by atoms with E-state index in [0.717, 1.165) is 36.5 Å². The fourth-order valence-corrected chi connectivity index (χ4v) is 4.11. The molecule has 2 fully saturated rings. The molecule has 1 N–H and O–H groups in total. The molecule has 5 nitrogen and oxygen atoms in total. The van der Waals surface area contributed by atoms with Gasteiger partial charge in [0.2, 0.25) is 0 Å². The van der Waals surface area contributed by atoms with Gasteiger partial charge in [0.05, 0.1) is 17.2 Å². The zero-order chi connectivity index (χ0) is 16.4. The largest absolute Gasteiger partial charge is 0.396 e. The van der Waals surface area contributed by atoms with Crippen molar-refractivity contribution in [2.75, 3.05) is 44.2 Å². The van der Waals surface area contributed by atoms with Gasteiger partial charge >= 0.3 is 0 Å². The number of benzene rings is 1. The first-order valence-corrected chi connectivity index (χ1v) is 9.13. The van der Waals surface area contributed by atoms with Gasteiger partial charge in [0.15, 0.2) is 0 Å². The number of aromatic nitrogens is 2. The summed E-state index contributed by atoms with van der Waals surface area (Å²) >= 11 is 0. The monoisotopic (exact) mass is 326 g/mol. The molecule has 2 aliphatic rings. The van der Waals surface area contributed by atoms with Crippen molar-refractivity contribution in [3.05, 3.63) is 30.5 Å². The van der Waals surface area contributed by atoms with Gasteiger partial charge < -0.3 is 14.9 Å². The van der Waals surface area contributed by atoms with Crippen LogP contribution in [0.25, 0.3) is 11.0 Å². The number of hydrogen-bond acceptors (Lipinski definition) is 5. The summed E-state index contributed by atoms with van der Waals surface area (Å²) in [6, 6.07) is 7.99. The predicted octanol–water partition coefficient (Wildman–Crippen LogP) is 2.16. The topological polar surface area (TPSA) is 52.5 Å². The van der Waals surface area contributed by atoms with Crippen LogP contribution in [0.15, 0.2) is 30.5 Å². The number of anilines is 1. The maximum Gasteiger partial charge on any atom is 0.147 e. The molecule has 128 valence electrons. The maximum absolute atomic E-state index is 9.82. The zero-order valence-electron chi connectivity index (χ0n) is 14.1. The van der Waals surface area contributed by atoms with Gasteiger partial charge in [-0.25, -0.2) is 4.98 Å². The summed E-state index contributed by atoms with van der Waals surface area (Å²) in [7, 11) is 0.